The first kappa shape index (κ1) is 23.7. The van der Waals surface area contributed by atoms with Crippen LogP contribution < -0.4 is 5.32 Å². The number of esters is 1. The number of carbonyl (C=O) groups excluding carboxylic acids is 2. The van der Waals surface area contributed by atoms with Crippen LogP contribution in [-0.4, -0.2) is 28.8 Å². The monoisotopic (exact) mass is 459 g/mol. The maximum atomic E-state index is 13.6. The van der Waals surface area contributed by atoms with Crippen molar-refractivity contribution in [1.29, 1.82) is 0 Å². The van der Waals surface area contributed by atoms with Gasteiger partial charge in [0.15, 0.2) is 5.54 Å². The zero-order valence-corrected chi connectivity index (χ0v) is 20.6. The third kappa shape index (κ3) is 4.25. The summed E-state index contributed by atoms with van der Waals surface area (Å²) in [6.07, 6.45) is 4.15. The maximum absolute atomic E-state index is 13.6. The first-order valence-corrected chi connectivity index (χ1v) is 11.8. The maximum Gasteiger partial charge on any atom is 0.336 e. The number of nitrogens with one attached hydrogen (secondary N) is 1. The summed E-state index contributed by atoms with van der Waals surface area (Å²) in [7, 11) is 1.34. The molecule has 34 heavy (non-hydrogen) atoms. The van der Waals surface area contributed by atoms with Gasteiger partial charge >= 0.3 is 5.97 Å². The molecule has 0 aliphatic carbocycles. The van der Waals surface area contributed by atoms with Gasteiger partial charge in [0, 0.05) is 0 Å². The third-order valence-electron chi connectivity index (χ3n) is 7.04. The molecular formula is C28H33N3O3. The predicted octanol–water partition coefficient (Wildman–Crippen LogP) is 4.73. The van der Waals surface area contributed by atoms with Gasteiger partial charge in [-0.3, -0.25) is 9.48 Å². The first-order valence-electron chi connectivity index (χ1n) is 11.8. The normalized spacial score (nSPS) is 18.4. The molecule has 1 aliphatic rings. The molecule has 1 unspecified atom stereocenters. The van der Waals surface area contributed by atoms with Gasteiger partial charge in [0.05, 0.1) is 30.1 Å². The minimum atomic E-state index is -1.32. The summed E-state index contributed by atoms with van der Waals surface area (Å²) in [5.41, 5.74) is 2.90. The number of benzene rings is 2. The Morgan fingerprint density at radius 3 is 2.44 bits per heavy atom. The van der Waals surface area contributed by atoms with Crippen LogP contribution in [0.3, 0.4) is 0 Å². The lowest BCUT2D eigenvalue weighted by atomic mass is 9.79. The molecular weight excluding hydrogens is 426 g/mol. The van der Waals surface area contributed by atoms with Crippen molar-refractivity contribution in [3.05, 3.63) is 88.7 Å². The van der Waals surface area contributed by atoms with Gasteiger partial charge < -0.3 is 10.1 Å². The number of hydrogen-bond acceptors (Lipinski definition) is 4. The highest BCUT2D eigenvalue weighted by molar-refractivity contribution is 5.99. The highest BCUT2D eigenvalue weighted by atomic mass is 16.5. The Labute approximate surface area is 201 Å². The highest BCUT2D eigenvalue weighted by Crippen LogP contribution is 2.40. The summed E-state index contributed by atoms with van der Waals surface area (Å²) < 4.78 is 7.06. The highest BCUT2D eigenvalue weighted by Gasteiger charge is 2.41. The van der Waals surface area contributed by atoms with Crippen LogP contribution in [0.15, 0.2) is 60.8 Å². The van der Waals surface area contributed by atoms with Crippen LogP contribution in [0.2, 0.25) is 0 Å². The Balaban J connectivity index is 1.68. The Kier molecular flexibility index (Phi) is 6.34. The molecule has 2 heterocycles. The van der Waals surface area contributed by atoms with E-state index in [2.05, 4.69) is 43.3 Å². The molecule has 1 amide bonds. The Bertz CT molecular complexity index is 1180. The number of methoxy groups -OCH3 is 1. The van der Waals surface area contributed by atoms with Gasteiger partial charge in [0.2, 0.25) is 0 Å². The Morgan fingerprint density at radius 2 is 1.82 bits per heavy atom. The fourth-order valence-electron chi connectivity index (χ4n) is 5.05. The topological polar surface area (TPSA) is 73.2 Å². The average Bonchev–Trinajstić information content (AvgIpc) is 3.29. The van der Waals surface area contributed by atoms with Gasteiger partial charge in [-0.05, 0) is 62.6 Å². The van der Waals surface area contributed by atoms with Crippen LogP contribution in [-0.2, 0) is 33.5 Å². The predicted molar refractivity (Wildman–Crippen MR) is 132 cm³/mol. The van der Waals surface area contributed by atoms with Gasteiger partial charge in [-0.25, -0.2) is 4.79 Å². The van der Waals surface area contributed by atoms with Gasteiger partial charge in [0.1, 0.15) is 0 Å². The van der Waals surface area contributed by atoms with Gasteiger partial charge in [-0.15, -0.1) is 0 Å². The quantitative estimate of drug-likeness (QED) is 0.541. The van der Waals surface area contributed by atoms with Crippen LogP contribution >= 0.6 is 0 Å². The number of fused-ring (bicyclic) bond motifs is 1. The standard InChI is InChI=1S/C28H33N3O3/c1-6-19-12-14-22(15-13-19)28(4,26(33)34-5)30-25(32)23-18-29-31-24(23)16-21(17-27(31,2)3)20-10-8-7-9-11-20/h7-15,18,21H,6,16-17H2,1-5H3,(H,30,32)/t21-,28?/m0/s1. The molecule has 6 heteroatoms. The average molecular weight is 460 g/mol. The molecule has 1 aromatic heterocycles. The molecule has 3 aromatic rings. The van der Waals surface area contributed by atoms with E-state index in [1.807, 2.05) is 47.1 Å². The fourth-order valence-corrected chi connectivity index (χ4v) is 5.05. The van der Waals surface area contributed by atoms with Crippen molar-refractivity contribution in [1.82, 2.24) is 15.1 Å². The van der Waals surface area contributed by atoms with Crippen molar-refractivity contribution < 1.29 is 14.3 Å². The molecule has 0 bridgehead atoms. The molecule has 2 aromatic carbocycles. The number of aromatic nitrogens is 2. The minimum absolute atomic E-state index is 0.242. The van der Waals surface area contributed by atoms with Crippen LogP contribution in [0.4, 0.5) is 0 Å². The van der Waals surface area contributed by atoms with E-state index in [4.69, 9.17) is 4.74 Å². The summed E-state index contributed by atoms with van der Waals surface area (Å²) in [6.45, 7) is 8.05. The fraction of sp³-hybridized carbons (Fsp3) is 0.393. The number of amides is 1. The second kappa shape index (κ2) is 9.09. The lowest BCUT2D eigenvalue weighted by Crippen LogP contribution is -2.50. The molecule has 0 saturated heterocycles. The van der Waals surface area contributed by atoms with E-state index in [9.17, 15) is 9.59 Å². The summed E-state index contributed by atoms with van der Waals surface area (Å²) in [4.78, 5) is 26.5. The van der Waals surface area contributed by atoms with Gasteiger partial charge in [-0.2, -0.15) is 5.10 Å². The zero-order chi connectivity index (χ0) is 24.5. The van der Waals surface area contributed by atoms with Crippen LogP contribution in [0.25, 0.3) is 0 Å². The lowest BCUT2D eigenvalue weighted by molar-refractivity contribution is -0.148. The summed E-state index contributed by atoms with van der Waals surface area (Å²) in [5, 5.41) is 7.55. The molecule has 6 nitrogen and oxygen atoms in total. The zero-order valence-electron chi connectivity index (χ0n) is 20.6. The third-order valence-corrected chi connectivity index (χ3v) is 7.04. The first-order chi connectivity index (χ1) is 16.2. The van der Waals surface area contributed by atoms with Crippen molar-refractivity contribution in [3.8, 4) is 0 Å². The molecule has 2 atom stereocenters. The van der Waals surface area contributed by atoms with Crippen LogP contribution in [0, 0.1) is 0 Å². The largest absolute Gasteiger partial charge is 0.467 e. The molecule has 0 fully saturated rings. The second-order valence-corrected chi connectivity index (χ2v) is 9.87. The number of aryl methyl sites for hydroxylation is 1. The lowest BCUT2D eigenvalue weighted by Gasteiger charge is -2.37. The Hall–Kier alpha value is -3.41. The number of nitrogens with zero attached hydrogens (tertiary/aromatic N) is 2. The summed E-state index contributed by atoms with van der Waals surface area (Å²) in [6, 6.07) is 18.1. The Morgan fingerprint density at radius 1 is 1.15 bits per heavy atom. The van der Waals surface area contributed by atoms with Crippen molar-refractivity contribution in [2.24, 2.45) is 0 Å². The van der Waals surface area contributed by atoms with E-state index >= 15 is 0 Å². The van der Waals surface area contributed by atoms with Crippen molar-refractivity contribution in [2.75, 3.05) is 7.11 Å². The molecule has 0 saturated carbocycles. The van der Waals surface area contributed by atoms with E-state index in [1.165, 1.54) is 12.7 Å². The molecule has 0 spiro atoms. The van der Waals surface area contributed by atoms with E-state index in [0.717, 1.165) is 24.1 Å². The van der Waals surface area contributed by atoms with Crippen molar-refractivity contribution >= 4 is 11.9 Å². The van der Waals surface area contributed by atoms with Crippen LogP contribution in [0.5, 0.6) is 0 Å². The SMILES string of the molecule is CCc1ccc(C(C)(NC(=O)c2cnn3c2C[C@H](c2ccccc2)CC3(C)C)C(=O)OC)cc1. The smallest absolute Gasteiger partial charge is 0.336 e. The number of carbonyl (C=O) groups is 2. The number of rotatable bonds is 6. The van der Waals surface area contributed by atoms with E-state index in [-0.39, 0.29) is 17.4 Å². The van der Waals surface area contributed by atoms with Gasteiger partial charge in [0.25, 0.3) is 5.91 Å². The molecule has 0 radical (unpaired) electrons. The summed E-state index contributed by atoms with van der Waals surface area (Å²) in [5.74, 6) is -0.576. The summed E-state index contributed by atoms with van der Waals surface area (Å²) >= 11 is 0. The van der Waals surface area contributed by atoms with E-state index in [0.29, 0.717) is 17.5 Å². The van der Waals surface area contributed by atoms with E-state index in [1.54, 1.807) is 13.1 Å². The van der Waals surface area contributed by atoms with E-state index < -0.39 is 11.5 Å². The van der Waals surface area contributed by atoms with Gasteiger partial charge in [-0.1, -0.05) is 61.5 Å². The second-order valence-electron chi connectivity index (χ2n) is 9.87. The molecule has 1 aliphatic heterocycles. The number of hydrogen-bond donors (Lipinski definition) is 1. The molecule has 4 rings (SSSR count). The molecule has 178 valence electrons. The minimum Gasteiger partial charge on any atom is -0.467 e. The number of ether oxygens (including phenoxy) is 1. The molecule has 1 N–H and O–H groups in total. The van der Waals surface area contributed by atoms with Crippen molar-refractivity contribution in [2.45, 2.75) is 64.0 Å². The van der Waals surface area contributed by atoms with Crippen molar-refractivity contribution in [3.63, 3.8) is 0 Å². The van der Waals surface area contributed by atoms with Crippen LogP contribution in [0.1, 0.15) is 72.8 Å².